The van der Waals surface area contributed by atoms with E-state index in [1.165, 1.54) is 4.52 Å². The number of aromatic amines is 1. The number of H-pyrrole nitrogens is 1. The van der Waals surface area contributed by atoms with Crippen LogP contribution in [-0.2, 0) is 6.54 Å². The van der Waals surface area contributed by atoms with E-state index in [1.54, 1.807) is 6.07 Å². The predicted molar refractivity (Wildman–Crippen MR) is 101 cm³/mol. The van der Waals surface area contributed by atoms with Gasteiger partial charge in [-0.05, 0) is 19.0 Å². The molecule has 1 fully saturated rings. The number of likely N-dealkylation sites (N-methyl/N-ethyl adjacent to an activating group) is 1. The zero-order valence-corrected chi connectivity index (χ0v) is 15.3. The summed E-state index contributed by atoms with van der Waals surface area (Å²) in [7, 11) is 0. The Balaban J connectivity index is 1.61. The number of nitrogens with one attached hydrogen (secondary N) is 1. The molecule has 0 unspecified atom stereocenters. The van der Waals surface area contributed by atoms with Gasteiger partial charge in [0.25, 0.3) is 11.3 Å². The van der Waals surface area contributed by atoms with E-state index in [9.17, 15) is 4.79 Å². The second-order valence-corrected chi connectivity index (χ2v) is 6.82. The molecule has 0 amide bonds. The molecule has 3 aromatic rings. The second-order valence-electron chi connectivity index (χ2n) is 6.82. The molecule has 1 N–H and O–H groups in total. The van der Waals surface area contributed by atoms with Crippen molar-refractivity contribution in [3.05, 3.63) is 51.9 Å². The highest BCUT2D eigenvalue weighted by Crippen LogP contribution is 2.19. The highest BCUT2D eigenvalue weighted by molar-refractivity contribution is 5.61. The van der Waals surface area contributed by atoms with Gasteiger partial charge in [0.05, 0.1) is 5.69 Å². The zero-order chi connectivity index (χ0) is 18.1. The van der Waals surface area contributed by atoms with E-state index in [-0.39, 0.29) is 5.56 Å². The van der Waals surface area contributed by atoms with Crippen molar-refractivity contribution >= 4 is 5.78 Å². The number of nitrogens with zero attached hydrogens (tertiary/aromatic N) is 5. The fourth-order valence-corrected chi connectivity index (χ4v) is 3.46. The smallest absolute Gasteiger partial charge is 0.274 e. The van der Waals surface area contributed by atoms with E-state index >= 15 is 0 Å². The molecule has 7 nitrogen and oxygen atoms in total. The Hall–Kier alpha value is -2.51. The summed E-state index contributed by atoms with van der Waals surface area (Å²) in [6.45, 7) is 10.1. The van der Waals surface area contributed by atoms with Gasteiger partial charge in [0.15, 0.2) is 5.82 Å². The fourth-order valence-electron chi connectivity index (χ4n) is 3.46. The number of rotatable bonds is 4. The van der Waals surface area contributed by atoms with Gasteiger partial charge in [-0.15, -0.1) is 0 Å². The van der Waals surface area contributed by atoms with Crippen molar-refractivity contribution in [3.63, 3.8) is 0 Å². The Morgan fingerprint density at radius 1 is 1.08 bits per heavy atom. The SMILES string of the molecule is CCN1CCN(Cc2cc(=O)n3[nH]c(-c4ccccc4C)nc3n2)CC1. The lowest BCUT2D eigenvalue weighted by Crippen LogP contribution is -2.45. The van der Waals surface area contributed by atoms with Crippen LogP contribution < -0.4 is 5.56 Å². The monoisotopic (exact) mass is 352 g/mol. The third-order valence-electron chi connectivity index (χ3n) is 5.08. The molecule has 136 valence electrons. The number of fused-ring (bicyclic) bond motifs is 1. The van der Waals surface area contributed by atoms with Crippen molar-refractivity contribution in [2.45, 2.75) is 20.4 Å². The van der Waals surface area contributed by atoms with Gasteiger partial charge in [0.2, 0.25) is 0 Å². The van der Waals surface area contributed by atoms with E-state index in [4.69, 9.17) is 0 Å². The molecule has 3 heterocycles. The van der Waals surface area contributed by atoms with Crippen LogP contribution in [0.5, 0.6) is 0 Å². The van der Waals surface area contributed by atoms with Gasteiger partial charge in [-0.1, -0.05) is 31.2 Å². The van der Waals surface area contributed by atoms with Gasteiger partial charge >= 0.3 is 0 Å². The molecule has 0 bridgehead atoms. The number of piperazine rings is 1. The van der Waals surface area contributed by atoms with E-state index in [1.807, 2.05) is 31.2 Å². The Bertz CT molecular complexity index is 968. The topological polar surface area (TPSA) is 69.5 Å². The average Bonchev–Trinajstić information content (AvgIpc) is 3.07. The van der Waals surface area contributed by atoms with E-state index < -0.39 is 0 Å². The minimum atomic E-state index is -0.121. The van der Waals surface area contributed by atoms with Crippen molar-refractivity contribution in [1.29, 1.82) is 0 Å². The van der Waals surface area contributed by atoms with Crippen LogP contribution in [0, 0.1) is 6.92 Å². The van der Waals surface area contributed by atoms with Crippen LogP contribution in [0.4, 0.5) is 0 Å². The third kappa shape index (κ3) is 3.27. The Morgan fingerprint density at radius 2 is 1.81 bits per heavy atom. The first kappa shape index (κ1) is 16.9. The van der Waals surface area contributed by atoms with Crippen LogP contribution in [0.2, 0.25) is 0 Å². The Morgan fingerprint density at radius 3 is 2.54 bits per heavy atom. The summed E-state index contributed by atoms with van der Waals surface area (Å²) in [6, 6.07) is 9.58. The highest BCUT2D eigenvalue weighted by atomic mass is 16.1. The fraction of sp³-hybridized carbons (Fsp3) is 0.421. The van der Waals surface area contributed by atoms with Crippen LogP contribution in [0.1, 0.15) is 18.2 Å². The van der Waals surface area contributed by atoms with Crippen molar-refractivity contribution in [1.82, 2.24) is 29.4 Å². The first-order valence-corrected chi connectivity index (χ1v) is 9.13. The molecule has 1 aliphatic heterocycles. The molecule has 1 aromatic carbocycles. The lowest BCUT2D eigenvalue weighted by atomic mass is 10.1. The summed E-state index contributed by atoms with van der Waals surface area (Å²) in [4.78, 5) is 26.4. The van der Waals surface area contributed by atoms with Crippen molar-refractivity contribution in [3.8, 4) is 11.4 Å². The predicted octanol–water partition coefficient (Wildman–Crippen LogP) is 1.53. The normalized spacial score (nSPS) is 16.4. The molecule has 0 saturated carbocycles. The molecule has 1 aliphatic rings. The molecule has 2 aromatic heterocycles. The number of hydrogen-bond acceptors (Lipinski definition) is 5. The first-order chi connectivity index (χ1) is 12.6. The van der Waals surface area contributed by atoms with Crippen molar-refractivity contribution < 1.29 is 0 Å². The maximum Gasteiger partial charge on any atom is 0.274 e. The number of aromatic nitrogens is 4. The molecular weight excluding hydrogens is 328 g/mol. The first-order valence-electron chi connectivity index (χ1n) is 9.13. The summed E-state index contributed by atoms with van der Waals surface area (Å²) >= 11 is 0. The highest BCUT2D eigenvalue weighted by Gasteiger charge is 2.17. The standard InChI is InChI=1S/C19H24N6O/c1-3-23-8-10-24(11-9-23)13-15-12-17(26)25-19(20-15)21-18(22-25)16-7-5-4-6-14(16)2/h4-7,12H,3,8-11,13H2,1-2H3,(H,20,21,22). The molecule has 1 saturated heterocycles. The van der Waals surface area contributed by atoms with Crippen LogP contribution >= 0.6 is 0 Å². The zero-order valence-electron chi connectivity index (χ0n) is 15.3. The summed E-state index contributed by atoms with van der Waals surface area (Å²) in [5, 5.41) is 3.08. The van der Waals surface area contributed by atoms with Crippen LogP contribution in [0.3, 0.4) is 0 Å². The van der Waals surface area contributed by atoms with Crippen molar-refractivity contribution in [2.24, 2.45) is 0 Å². The number of benzene rings is 1. The van der Waals surface area contributed by atoms with Crippen LogP contribution in [0.15, 0.2) is 35.1 Å². The maximum absolute atomic E-state index is 12.5. The quantitative estimate of drug-likeness (QED) is 0.771. The lowest BCUT2D eigenvalue weighted by Gasteiger charge is -2.33. The Kier molecular flexibility index (Phi) is 4.57. The van der Waals surface area contributed by atoms with Gasteiger partial charge in [-0.25, -0.2) is 4.98 Å². The number of aryl methyl sites for hydroxylation is 1. The molecule has 0 radical (unpaired) electrons. The van der Waals surface area contributed by atoms with Gasteiger partial charge in [0, 0.05) is 44.4 Å². The molecular formula is C19H24N6O. The third-order valence-corrected chi connectivity index (χ3v) is 5.08. The second kappa shape index (κ2) is 7.01. The lowest BCUT2D eigenvalue weighted by molar-refractivity contribution is 0.131. The summed E-state index contributed by atoms with van der Waals surface area (Å²) in [5.41, 5.74) is 2.75. The summed E-state index contributed by atoms with van der Waals surface area (Å²) in [5.74, 6) is 1.10. The minimum Gasteiger partial charge on any atom is -0.301 e. The van der Waals surface area contributed by atoms with Gasteiger partial charge in [-0.2, -0.15) is 9.50 Å². The summed E-state index contributed by atoms with van der Waals surface area (Å²) < 4.78 is 1.42. The maximum atomic E-state index is 12.5. The molecule has 0 atom stereocenters. The van der Waals surface area contributed by atoms with Crippen LogP contribution in [0.25, 0.3) is 17.2 Å². The average molecular weight is 352 g/mol. The molecule has 4 rings (SSSR count). The van der Waals surface area contributed by atoms with Gasteiger partial charge < -0.3 is 4.90 Å². The minimum absolute atomic E-state index is 0.121. The van der Waals surface area contributed by atoms with Gasteiger partial charge in [-0.3, -0.25) is 14.8 Å². The summed E-state index contributed by atoms with van der Waals surface area (Å²) in [6.07, 6.45) is 0. The molecule has 7 heteroatoms. The van der Waals surface area contributed by atoms with Crippen LogP contribution in [-0.4, -0.2) is 62.1 Å². The Labute approximate surface area is 152 Å². The number of hydrogen-bond donors (Lipinski definition) is 1. The van der Waals surface area contributed by atoms with Crippen molar-refractivity contribution in [2.75, 3.05) is 32.7 Å². The van der Waals surface area contributed by atoms with E-state index in [0.29, 0.717) is 18.1 Å². The van der Waals surface area contributed by atoms with E-state index in [0.717, 1.165) is 49.5 Å². The molecule has 0 aliphatic carbocycles. The largest absolute Gasteiger partial charge is 0.301 e. The van der Waals surface area contributed by atoms with Gasteiger partial charge in [0.1, 0.15) is 0 Å². The van der Waals surface area contributed by atoms with E-state index in [2.05, 4.69) is 31.8 Å². The molecule has 0 spiro atoms. The molecule has 26 heavy (non-hydrogen) atoms.